The number of carbonyl (C=O) groups is 1. The summed E-state index contributed by atoms with van der Waals surface area (Å²) in [4.78, 5) is 21.5. The Balaban J connectivity index is 1.33. The van der Waals surface area contributed by atoms with Gasteiger partial charge in [-0.05, 0) is 48.9 Å². The van der Waals surface area contributed by atoms with Gasteiger partial charge in [0.1, 0.15) is 11.8 Å². The number of nitriles is 1. The molecule has 0 saturated carbocycles. The molecule has 5 N–H and O–H groups in total. The highest BCUT2D eigenvalue weighted by molar-refractivity contribution is 7.89. The zero-order valence-corrected chi connectivity index (χ0v) is 21.8. The molecule has 0 aliphatic carbocycles. The highest BCUT2D eigenvalue weighted by atomic mass is 32.2. The number of hydrogen-bond donors (Lipinski definition) is 5. The zero-order chi connectivity index (χ0) is 28.0. The molecule has 0 radical (unpaired) electrons. The molecule has 202 valence electrons. The van der Waals surface area contributed by atoms with Gasteiger partial charge >= 0.3 is 6.03 Å². The summed E-state index contributed by atoms with van der Waals surface area (Å²) in [6.45, 7) is 0.647. The number of urea groups is 1. The first kappa shape index (κ1) is 26.4. The SMILES string of the molecule is N#Cc1ccccc1NC(=O)Nc1cccc(Oc2cnc3nc2NCCCNS(=O)(=O)c2cccc(c2)N3)c1. The maximum absolute atomic E-state index is 12.6. The number of nitrogens with one attached hydrogen (secondary N) is 5. The average Bonchev–Trinajstić information content (AvgIpc) is 2.95. The van der Waals surface area contributed by atoms with Crippen LogP contribution in [0.2, 0.25) is 0 Å². The summed E-state index contributed by atoms with van der Waals surface area (Å²) < 4.78 is 33.8. The van der Waals surface area contributed by atoms with Crippen molar-refractivity contribution in [2.24, 2.45) is 0 Å². The fraction of sp³-hybridized carbons (Fsp3) is 0.111. The van der Waals surface area contributed by atoms with E-state index in [0.29, 0.717) is 52.9 Å². The number of nitrogens with zero attached hydrogens (tertiary/aromatic N) is 3. The lowest BCUT2D eigenvalue weighted by Gasteiger charge is -2.14. The van der Waals surface area contributed by atoms with Gasteiger partial charge in [0.25, 0.3) is 0 Å². The van der Waals surface area contributed by atoms with Crippen LogP contribution in [0.1, 0.15) is 12.0 Å². The molecule has 3 aromatic carbocycles. The van der Waals surface area contributed by atoms with E-state index in [0.717, 1.165) is 0 Å². The van der Waals surface area contributed by atoms with Gasteiger partial charge in [0.05, 0.1) is 22.3 Å². The monoisotopic (exact) mass is 556 g/mol. The molecule has 12 nitrogen and oxygen atoms in total. The molecule has 0 atom stereocenters. The van der Waals surface area contributed by atoms with Crippen molar-refractivity contribution in [3.63, 3.8) is 0 Å². The minimum atomic E-state index is -3.65. The Hall–Kier alpha value is -5.19. The Bertz CT molecular complexity index is 1710. The number of benzene rings is 3. The number of para-hydroxylation sites is 1. The highest BCUT2D eigenvalue weighted by Gasteiger charge is 2.16. The summed E-state index contributed by atoms with van der Waals surface area (Å²) in [5.41, 5.74) is 1.71. The maximum atomic E-state index is 12.6. The molecule has 1 aromatic heterocycles. The summed E-state index contributed by atoms with van der Waals surface area (Å²) in [5, 5.41) is 20.8. The molecule has 2 heterocycles. The van der Waals surface area contributed by atoms with E-state index < -0.39 is 16.1 Å². The van der Waals surface area contributed by atoms with Gasteiger partial charge in [0.2, 0.25) is 16.0 Å². The van der Waals surface area contributed by atoms with E-state index in [2.05, 4.69) is 36.0 Å². The van der Waals surface area contributed by atoms with Gasteiger partial charge in [-0.3, -0.25) is 0 Å². The predicted molar refractivity (Wildman–Crippen MR) is 150 cm³/mol. The Morgan fingerprint density at radius 2 is 1.85 bits per heavy atom. The van der Waals surface area contributed by atoms with Crippen LogP contribution in [0.25, 0.3) is 0 Å². The lowest BCUT2D eigenvalue weighted by Crippen LogP contribution is -2.26. The van der Waals surface area contributed by atoms with Gasteiger partial charge in [0, 0.05) is 30.5 Å². The van der Waals surface area contributed by atoms with Crippen molar-refractivity contribution in [2.75, 3.05) is 34.4 Å². The smallest absolute Gasteiger partial charge is 0.323 e. The molecule has 4 bridgehead atoms. The van der Waals surface area contributed by atoms with E-state index in [4.69, 9.17) is 4.74 Å². The largest absolute Gasteiger partial charge is 0.452 e. The third kappa shape index (κ3) is 6.44. The fourth-order valence-electron chi connectivity index (χ4n) is 3.83. The van der Waals surface area contributed by atoms with Gasteiger partial charge in [0.15, 0.2) is 11.6 Å². The van der Waals surface area contributed by atoms with E-state index in [1.807, 2.05) is 6.07 Å². The Morgan fingerprint density at radius 1 is 1.00 bits per heavy atom. The van der Waals surface area contributed by atoms with Crippen LogP contribution in [0.15, 0.2) is 83.9 Å². The molecule has 0 fully saturated rings. The second-order valence-corrected chi connectivity index (χ2v) is 10.4. The van der Waals surface area contributed by atoms with Crippen molar-refractivity contribution >= 4 is 44.9 Å². The third-order valence-corrected chi connectivity index (χ3v) is 7.17. The molecule has 1 aliphatic rings. The number of sulfonamides is 1. The number of amides is 2. The van der Waals surface area contributed by atoms with Gasteiger partial charge in [-0.2, -0.15) is 10.2 Å². The molecule has 0 spiro atoms. The average molecular weight is 557 g/mol. The number of ether oxygens (including phenoxy) is 1. The predicted octanol–water partition coefficient (Wildman–Crippen LogP) is 4.62. The van der Waals surface area contributed by atoms with E-state index in [-0.39, 0.29) is 17.4 Å². The van der Waals surface area contributed by atoms with Gasteiger partial charge < -0.3 is 26.0 Å². The van der Waals surface area contributed by atoms with Crippen LogP contribution in [0.5, 0.6) is 11.5 Å². The second kappa shape index (κ2) is 11.7. The summed E-state index contributed by atoms with van der Waals surface area (Å²) in [5.74, 6) is 1.40. The summed E-state index contributed by atoms with van der Waals surface area (Å²) in [6, 6.07) is 21.4. The first-order valence-electron chi connectivity index (χ1n) is 12.2. The maximum Gasteiger partial charge on any atom is 0.323 e. The van der Waals surface area contributed by atoms with Crippen LogP contribution in [-0.2, 0) is 10.0 Å². The number of hydrogen-bond acceptors (Lipinski definition) is 9. The fourth-order valence-corrected chi connectivity index (χ4v) is 4.95. The topological polar surface area (TPSA) is 170 Å². The van der Waals surface area contributed by atoms with Crippen LogP contribution < -0.4 is 30.7 Å². The van der Waals surface area contributed by atoms with Crippen LogP contribution in [-0.4, -0.2) is 37.5 Å². The normalized spacial score (nSPS) is 14.0. The lowest BCUT2D eigenvalue weighted by atomic mass is 10.2. The summed E-state index contributed by atoms with van der Waals surface area (Å²) in [7, 11) is -3.65. The standard InChI is InChI=1S/C27H24N8O4S/c28-16-18-6-1-2-11-23(18)34-27(36)33-19-7-3-9-21(14-19)39-24-17-30-26-32-20-8-4-10-22(15-20)40(37,38)31-13-5-12-29-25(24)35-26/h1-4,6-11,14-15,17,31H,5,12-13H2,(H2,33,34,36)(H2,29,30,32,35). The molecule has 0 saturated heterocycles. The molecule has 1 aliphatic heterocycles. The lowest BCUT2D eigenvalue weighted by molar-refractivity contribution is 0.262. The zero-order valence-electron chi connectivity index (χ0n) is 21.0. The van der Waals surface area contributed by atoms with Crippen molar-refractivity contribution in [2.45, 2.75) is 11.3 Å². The van der Waals surface area contributed by atoms with Gasteiger partial charge in [-0.1, -0.05) is 24.3 Å². The van der Waals surface area contributed by atoms with E-state index in [9.17, 15) is 18.5 Å². The van der Waals surface area contributed by atoms with Crippen LogP contribution >= 0.6 is 0 Å². The quantitative estimate of drug-likeness (QED) is 0.241. The molecular formula is C27H24N8O4S. The molecule has 5 rings (SSSR count). The minimum Gasteiger partial charge on any atom is -0.452 e. The summed E-state index contributed by atoms with van der Waals surface area (Å²) in [6.07, 6.45) is 2.00. The molecule has 0 unspecified atom stereocenters. The number of fused-ring (bicyclic) bond motifs is 4. The molecule has 13 heteroatoms. The van der Waals surface area contributed by atoms with E-state index in [1.165, 1.54) is 18.3 Å². The van der Waals surface area contributed by atoms with Gasteiger partial charge in [-0.25, -0.2) is 22.9 Å². The Kier molecular flexibility index (Phi) is 7.72. The van der Waals surface area contributed by atoms with E-state index in [1.54, 1.807) is 60.7 Å². The third-order valence-electron chi connectivity index (χ3n) is 5.71. The molecule has 4 aromatic rings. The van der Waals surface area contributed by atoms with Crippen LogP contribution in [0.4, 0.5) is 33.6 Å². The number of carbonyl (C=O) groups excluding carboxylic acids is 1. The highest BCUT2D eigenvalue weighted by Crippen LogP contribution is 2.31. The molecular weight excluding hydrogens is 532 g/mol. The first-order valence-corrected chi connectivity index (χ1v) is 13.7. The first-order chi connectivity index (χ1) is 19.4. The Morgan fingerprint density at radius 3 is 2.73 bits per heavy atom. The van der Waals surface area contributed by atoms with Crippen molar-refractivity contribution in [1.29, 1.82) is 5.26 Å². The molecule has 2 amide bonds. The Labute approximate surface area is 230 Å². The van der Waals surface area contributed by atoms with Crippen molar-refractivity contribution in [3.05, 3.63) is 84.6 Å². The summed E-state index contributed by atoms with van der Waals surface area (Å²) >= 11 is 0. The number of rotatable bonds is 4. The van der Waals surface area contributed by atoms with Gasteiger partial charge in [-0.15, -0.1) is 0 Å². The van der Waals surface area contributed by atoms with E-state index >= 15 is 0 Å². The minimum absolute atomic E-state index is 0.140. The van der Waals surface area contributed by atoms with Crippen LogP contribution in [0, 0.1) is 11.3 Å². The number of aromatic nitrogens is 2. The molecule has 40 heavy (non-hydrogen) atoms. The van der Waals surface area contributed by atoms with Crippen molar-refractivity contribution in [1.82, 2.24) is 14.7 Å². The van der Waals surface area contributed by atoms with Crippen molar-refractivity contribution in [3.8, 4) is 17.6 Å². The second-order valence-electron chi connectivity index (χ2n) is 8.60. The number of anilines is 5. The van der Waals surface area contributed by atoms with Crippen LogP contribution in [0.3, 0.4) is 0 Å². The van der Waals surface area contributed by atoms with Crippen molar-refractivity contribution < 1.29 is 17.9 Å².